The Hall–Kier alpha value is -7.99. The normalized spacial score (nSPS) is 13.1. The number of aromatic nitrogens is 4. The first-order valence-electron chi connectivity index (χ1n) is 21.6. The molecule has 4 aromatic heterocycles. The zero-order valence-electron chi connectivity index (χ0n) is 34.5. The molecule has 1 spiro atoms. The summed E-state index contributed by atoms with van der Waals surface area (Å²) >= 11 is 1.88. The van der Waals surface area contributed by atoms with E-state index in [2.05, 4.69) is 180 Å². The SMILES string of the molecule is c1ccc(-c2nc3cc(-c4ccc(-c5cc(-c6ccccn6)nc(-c6ccccn6)c5)cc4)ccc3c3c4c(ccc23)C2(c3ccccc3Sc3ccccc32)c2ccccc2-4)cc1. The summed E-state index contributed by atoms with van der Waals surface area (Å²) in [4.78, 5) is 22.4. The molecule has 64 heavy (non-hydrogen) atoms. The van der Waals surface area contributed by atoms with Crippen molar-refractivity contribution in [1.29, 1.82) is 0 Å². The second kappa shape index (κ2) is 14.6. The average molecular weight is 833 g/mol. The molecule has 0 amide bonds. The lowest BCUT2D eigenvalue weighted by Crippen LogP contribution is -2.31. The Morgan fingerprint density at radius 1 is 0.359 bits per heavy atom. The summed E-state index contributed by atoms with van der Waals surface area (Å²) < 4.78 is 0. The molecule has 5 heteroatoms. The van der Waals surface area contributed by atoms with Gasteiger partial charge in [-0.05, 0) is 110 Å². The Labute approximate surface area is 375 Å². The smallest absolute Gasteiger partial charge is 0.0900 e. The van der Waals surface area contributed by atoms with Crippen molar-refractivity contribution in [1.82, 2.24) is 19.9 Å². The van der Waals surface area contributed by atoms with Crippen molar-refractivity contribution in [2.45, 2.75) is 15.2 Å². The summed E-state index contributed by atoms with van der Waals surface area (Å²) in [5, 5.41) is 3.54. The molecule has 0 unspecified atom stereocenters. The summed E-state index contributed by atoms with van der Waals surface area (Å²) in [5.41, 5.74) is 18.1. The Bertz CT molecular complexity index is 3520. The minimum absolute atomic E-state index is 0.464. The lowest BCUT2D eigenvalue weighted by atomic mass is 9.67. The van der Waals surface area contributed by atoms with Gasteiger partial charge < -0.3 is 0 Å². The minimum atomic E-state index is -0.464. The molecule has 0 N–H and O–H groups in total. The van der Waals surface area contributed by atoms with E-state index in [1.165, 1.54) is 48.6 Å². The number of hydrogen-bond donors (Lipinski definition) is 0. The summed E-state index contributed by atoms with van der Waals surface area (Å²) in [6.07, 6.45) is 3.61. The minimum Gasteiger partial charge on any atom is -0.255 e. The predicted octanol–water partition coefficient (Wildman–Crippen LogP) is 14.7. The summed E-state index contributed by atoms with van der Waals surface area (Å²) in [6.45, 7) is 0. The highest BCUT2D eigenvalue weighted by Crippen LogP contribution is 2.63. The van der Waals surface area contributed by atoms with E-state index in [-0.39, 0.29) is 0 Å². The lowest BCUT2D eigenvalue weighted by molar-refractivity contribution is 0.723. The van der Waals surface area contributed by atoms with Crippen molar-refractivity contribution < 1.29 is 0 Å². The quantitative estimate of drug-likeness (QED) is 0.162. The largest absolute Gasteiger partial charge is 0.255 e. The first-order chi connectivity index (χ1) is 31.7. The molecule has 0 atom stereocenters. The molecule has 298 valence electrons. The van der Waals surface area contributed by atoms with Crippen LogP contribution in [0, 0.1) is 0 Å². The summed E-state index contributed by atoms with van der Waals surface area (Å²) in [6, 6.07) is 74.2. The predicted molar refractivity (Wildman–Crippen MR) is 261 cm³/mol. The molecule has 13 rings (SSSR count). The van der Waals surface area contributed by atoms with E-state index in [1.54, 1.807) is 12.4 Å². The molecule has 4 nitrogen and oxygen atoms in total. The fraction of sp³-hybridized carbons (Fsp3) is 0.0169. The Balaban J connectivity index is 1.00. The van der Waals surface area contributed by atoms with E-state index < -0.39 is 5.41 Å². The maximum absolute atomic E-state index is 5.54. The van der Waals surface area contributed by atoms with Gasteiger partial charge in [0, 0.05) is 43.9 Å². The fourth-order valence-electron chi connectivity index (χ4n) is 10.3. The molecular weight excluding hydrogens is 797 g/mol. The van der Waals surface area contributed by atoms with Crippen LogP contribution in [0.25, 0.3) is 89.1 Å². The van der Waals surface area contributed by atoms with Crippen LogP contribution in [0.15, 0.2) is 228 Å². The van der Waals surface area contributed by atoms with Gasteiger partial charge in [0.1, 0.15) is 0 Å². The van der Waals surface area contributed by atoms with Crippen LogP contribution in [-0.2, 0) is 5.41 Å². The van der Waals surface area contributed by atoms with Crippen molar-refractivity contribution in [3.63, 3.8) is 0 Å². The second-order valence-electron chi connectivity index (χ2n) is 16.5. The van der Waals surface area contributed by atoms with Crippen LogP contribution in [0.5, 0.6) is 0 Å². The van der Waals surface area contributed by atoms with Gasteiger partial charge in [-0.3, -0.25) is 9.97 Å². The van der Waals surface area contributed by atoms with Gasteiger partial charge >= 0.3 is 0 Å². The highest BCUT2D eigenvalue weighted by atomic mass is 32.2. The first-order valence-corrected chi connectivity index (χ1v) is 22.4. The zero-order valence-corrected chi connectivity index (χ0v) is 35.3. The molecular formula is C59H36N4S. The van der Waals surface area contributed by atoms with E-state index in [4.69, 9.17) is 9.97 Å². The van der Waals surface area contributed by atoms with E-state index in [1.807, 2.05) is 48.2 Å². The Morgan fingerprint density at radius 3 is 1.58 bits per heavy atom. The number of rotatable bonds is 5. The molecule has 0 radical (unpaired) electrons. The van der Waals surface area contributed by atoms with Gasteiger partial charge in [0.2, 0.25) is 0 Å². The molecule has 11 aromatic rings. The standard InChI is InChI=1S/C59H36N4S/c1-2-14-39(15-3-1)58-44-30-31-48-57(42-16-4-5-17-45(42)59(48)46-18-6-8-22-54(46)64-55-23-9-7-19-47(55)59)56(44)43-29-28-40(34-51(43)63-58)37-24-26-38(27-25-37)41-35-52(49-20-10-12-32-60-49)62-53(36-41)50-21-11-13-33-61-50/h1-36H. The van der Waals surface area contributed by atoms with Gasteiger partial charge in [0.05, 0.1) is 39.4 Å². The van der Waals surface area contributed by atoms with E-state index in [0.717, 1.165) is 72.6 Å². The van der Waals surface area contributed by atoms with Gasteiger partial charge in [-0.25, -0.2) is 9.97 Å². The first kappa shape index (κ1) is 36.6. The molecule has 5 heterocycles. The number of fused-ring (bicyclic) bond motifs is 13. The van der Waals surface area contributed by atoms with Crippen LogP contribution in [-0.4, -0.2) is 19.9 Å². The molecule has 0 saturated carbocycles. The van der Waals surface area contributed by atoms with Crippen LogP contribution >= 0.6 is 11.8 Å². The fourth-order valence-corrected chi connectivity index (χ4v) is 11.5. The van der Waals surface area contributed by atoms with Crippen molar-refractivity contribution in [3.8, 4) is 67.4 Å². The monoisotopic (exact) mass is 832 g/mol. The molecule has 7 aromatic carbocycles. The van der Waals surface area contributed by atoms with Crippen LogP contribution in [0.2, 0.25) is 0 Å². The van der Waals surface area contributed by atoms with Gasteiger partial charge in [0.15, 0.2) is 0 Å². The van der Waals surface area contributed by atoms with Gasteiger partial charge in [-0.15, -0.1) is 0 Å². The van der Waals surface area contributed by atoms with Crippen LogP contribution < -0.4 is 0 Å². The van der Waals surface area contributed by atoms with E-state index in [0.29, 0.717) is 0 Å². The Morgan fingerprint density at radius 2 is 0.922 bits per heavy atom. The average Bonchev–Trinajstić information content (AvgIpc) is 3.67. The molecule has 2 aliphatic rings. The number of nitrogens with zero attached hydrogens (tertiary/aromatic N) is 4. The highest BCUT2D eigenvalue weighted by Gasteiger charge is 2.50. The number of pyridine rings is 4. The third kappa shape index (κ3) is 5.57. The van der Waals surface area contributed by atoms with Crippen LogP contribution in [0.4, 0.5) is 0 Å². The molecule has 0 bridgehead atoms. The maximum Gasteiger partial charge on any atom is 0.0900 e. The molecule has 1 aliphatic carbocycles. The van der Waals surface area contributed by atoms with Gasteiger partial charge in [0.25, 0.3) is 0 Å². The number of hydrogen-bond acceptors (Lipinski definition) is 5. The van der Waals surface area contributed by atoms with Crippen molar-refractivity contribution in [2.75, 3.05) is 0 Å². The highest BCUT2D eigenvalue weighted by molar-refractivity contribution is 7.99. The van der Waals surface area contributed by atoms with Crippen LogP contribution in [0.3, 0.4) is 0 Å². The molecule has 0 saturated heterocycles. The summed E-state index contributed by atoms with van der Waals surface area (Å²) in [7, 11) is 0. The van der Waals surface area contributed by atoms with Crippen molar-refractivity contribution >= 4 is 33.4 Å². The lowest BCUT2D eigenvalue weighted by Gasteiger charge is -2.39. The third-order valence-corrected chi connectivity index (χ3v) is 14.2. The van der Waals surface area contributed by atoms with Crippen LogP contribution in [0.1, 0.15) is 22.3 Å². The topological polar surface area (TPSA) is 51.6 Å². The molecule has 0 fully saturated rings. The second-order valence-corrected chi connectivity index (χ2v) is 17.6. The van der Waals surface area contributed by atoms with E-state index >= 15 is 0 Å². The Kier molecular flexibility index (Phi) is 8.33. The third-order valence-electron chi connectivity index (χ3n) is 13.0. The summed E-state index contributed by atoms with van der Waals surface area (Å²) in [5.74, 6) is 0. The van der Waals surface area contributed by atoms with Crippen molar-refractivity contribution in [2.24, 2.45) is 0 Å². The van der Waals surface area contributed by atoms with Gasteiger partial charge in [-0.1, -0.05) is 163 Å². The van der Waals surface area contributed by atoms with Crippen molar-refractivity contribution in [3.05, 3.63) is 241 Å². The molecule has 1 aliphatic heterocycles. The van der Waals surface area contributed by atoms with E-state index in [9.17, 15) is 0 Å². The van der Waals surface area contributed by atoms with Gasteiger partial charge in [-0.2, -0.15) is 0 Å². The number of benzene rings is 7. The maximum atomic E-state index is 5.54. The zero-order chi connectivity index (χ0) is 42.2.